The lowest BCUT2D eigenvalue weighted by molar-refractivity contribution is -0.137. The summed E-state index contributed by atoms with van der Waals surface area (Å²) in [5.74, 6) is -0.466. The first-order valence-electron chi connectivity index (χ1n) is 6.92. The van der Waals surface area contributed by atoms with Crippen LogP contribution in [0.5, 0.6) is 0 Å². The lowest BCUT2D eigenvalue weighted by Gasteiger charge is -2.34. The van der Waals surface area contributed by atoms with Crippen molar-refractivity contribution in [2.75, 3.05) is 32.7 Å². The number of nitrogens with one attached hydrogen (secondary N) is 1. The number of halogens is 3. The van der Waals surface area contributed by atoms with Crippen LogP contribution in [0.2, 0.25) is 0 Å². The Morgan fingerprint density at radius 2 is 1.82 bits per heavy atom. The van der Waals surface area contributed by atoms with Crippen molar-refractivity contribution in [2.45, 2.75) is 12.7 Å². The van der Waals surface area contributed by atoms with Gasteiger partial charge >= 0.3 is 6.18 Å². The molecule has 0 bridgehead atoms. The van der Waals surface area contributed by atoms with Crippen molar-refractivity contribution < 1.29 is 23.2 Å². The van der Waals surface area contributed by atoms with Gasteiger partial charge < -0.3 is 0 Å². The Bertz CT molecular complexity index is 514. The average molecular weight is 317 g/mol. The van der Waals surface area contributed by atoms with Gasteiger partial charge in [0.05, 0.1) is 12.1 Å². The molecule has 0 radical (unpaired) electrons. The van der Waals surface area contributed by atoms with Gasteiger partial charge in [0, 0.05) is 32.7 Å². The number of hydrogen-bond donors (Lipinski definition) is 2. The van der Waals surface area contributed by atoms with E-state index in [0.717, 1.165) is 6.07 Å². The van der Waals surface area contributed by atoms with Gasteiger partial charge in [-0.05, 0) is 11.6 Å². The number of alkyl halides is 3. The predicted octanol–water partition coefficient (Wildman–Crippen LogP) is 1.33. The number of piperazine rings is 1. The summed E-state index contributed by atoms with van der Waals surface area (Å²) in [6.07, 6.45) is -4.33. The number of hydroxylamine groups is 1. The molecule has 1 aliphatic heterocycles. The molecule has 0 aliphatic carbocycles. The van der Waals surface area contributed by atoms with E-state index in [9.17, 15) is 18.0 Å². The summed E-state index contributed by atoms with van der Waals surface area (Å²) < 4.78 is 38.0. The summed E-state index contributed by atoms with van der Waals surface area (Å²) in [7, 11) is 0. The minimum Gasteiger partial charge on any atom is -0.297 e. The van der Waals surface area contributed by atoms with E-state index in [1.54, 1.807) is 11.5 Å². The first-order chi connectivity index (χ1) is 10.4. The fourth-order valence-electron chi connectivity index (χ4n) is 2.45. The van der Waals surface area contributed by atoms with Crippen LogP contribution in [0.3, 0.4) is 0 Å². The van der Waals surface area contributed by atoms with Crippen molar-refractivity contribution in [3.05, 3.63) is 35.4 Å². The van der Waals surface area contributed by atoms with Crippen molar-refractivity contribution in [3.63, 3.8) is 0 Å². The minimum absolute atomic E-state index is 0.119. The number of rotatable bonds is 4. The predicted molar refractivity (Wildman–Crippen MR) is 73.1 cm³/mol. The lowest BCUT2D eigenvalue weighted by Crippen LogP contribution is -2.48. The topological polar surface area (TPSA) is 55.8 Å². The number of hydrogen-bond acceptors (Lipinski definition) is 4. The standard InChI is InChI=1S/C14H18F3N3O2/c15-14(16,17)12-3-1-2-11(8-12)9-19-4-6-20(7-5-19)10-13(21)18-22/h1-3,8,22H,4-7,9-10H2,(H,18,21). The van der Waals surface area contributed by atoms with Crippen LogP contribution < -0.4 is 5.48 Å². The molecule has 0 aromatic heterocycles. The number of benzene rings is 1. The van der Waals surface area contributed by atoms with E-state index in [4.69, 9.17) is 5.21 Å². The molecule has 0 unspecified atom stereocenters. The number of amides is 1. The Balaban J connectivity index is 1.87. The molecule has 1 aromatic rings. The SMILES string of the molecule is O=C(CN1CCN(Cc2cccc(C(F)(F)F)c2)CC1)NO. The second kappa shape index (κ2) is 7.08. The molecule has 1 fully saturated rings. The molecule has 1 saturated heterocycles. The second-order valence-corrected chi connectivity index (χ2v) is 5.29. The molecule has 22 heavy (non-hydrogen) atoms. The van der Waals surface area contributed by atoms with Crippen molar-refractivity contribution in [1.29, 1.82) is 0 Å². The maximum atomic E-state index is 12.7. The van der Waals surface area contributed by atoms with Crippen LogP contribution >= 0.6 is 0 Å². The van der Waals surface area contributed by atoms with Crippen LogP contribution in [-0.2, 0) is 17.5 Å². The van der Waals surface area contributed by atoms with Crippen LogP contribution in [0.15, 0.2) is 24.3 Å². The normalized spacial score (nSPS) is 17.5. The highest BCUT2D eigenvalue weighted by molar-refractivity contribution is 5.76. The summed E-state index contributed by atoms with van der Waals surface area (Å²) in [6.45, 7) is 3.15. The van der Waals surface area contributed by atoms with E-state index in [0.29, 0.717) is 38.3 Å². The van der Waals surface area contributed by atoms with E-state index in [-0.39, 0.29) is 6.54 Å². The Hall–Kier alpha value is -1.64. The monoisotopic (exact) mass is 317 g/mol. The molecule has 0 atom stereocenters. The second-order valence-electron chi connectivity index (χ2n) is 5.29. The molecular formula is C14H18F3N3O2. The van der Waals surface area contributed by atoms with Gasteiger partial charge in [0.1, 0.15) is 0 Å². The molecule has 122 valence electrons. The van der Waals surface area contributed by atoms with Gasteiger partial charge in [-0.25, -0.2) is 5.48 Å². The van der Waals surface area contributed by atoms with E-state index in [1.165, 1.54) is 12.1 Å². The zero-order chi connectivity index (χ0) is 16.2. The zero-order valence-corrected chi connectivity index (χ0v) is 11.9. The van der Waals surface area contributed by atoms with Crippen molar-refractivity contribution in [1.82, 2.24) is 15.3 Å². The molecule has 0 spiro atoms. The third-order valence-corrected chi connectivity index (χ3v) is 3.62. The molecule has 5 nitrogen and oxygen atoms in total. The first-order valence-corrected chi connectivity index (χ1v) is 6.92. The Morgan fingerprint density at radius 1 is 1.18 bits per heavy atom. The molecule has 2 rings (SSSR count). The quantitative estimate of drug-likeness (QED) is 0.650. The summed E-state index contributed by atoms with van der Waals surface area (Å²) in [4.78, 5) is 15.0. The van der Waals surface area contributed by atoms with Gasteiger partial charge in [0.25, 0.3) is 5.91 Å². The molecule has 0 saturated carbocycles. The maximum absolute atomic E-state index is 12.7. The third-order valence-electron chi connectivity index (χ3n) is 3.62. The summed E-state index contributed by atoms with van der Waals surface area (Å²) in [6, 6.07) is 5.33. The Labute approximate surface area is 126 Å². The molecule has 1 heterocycles. The number of carbonyl (C=O) groups excluding carboxylic acids is 1. The van der Waals surface area contributed by atoms with Gasteiger partial charge in [-0.1, -0.05) is 18.2 Å². The minimum atomic E-state index is -4.33. The molecular weight excluding hydrogens is 299 g/mol. The highest BCUT2D eigenvalue weighted by Gasteiger charge is 2.30. The number of nitrogens with zero attached hydrogens (tertiary/aromatic N) is 2. The average Bonchev–Trinajstić information content (AvgIpc) is 2.48. The Kier molecular flexibility index (Phi) is 5.38. The van der Waals surface area contributed by atoms with Gasteiger partial charge in [0.15, 0.2) is 0 Å². The maximum Gasteiger partial charge on any atom is 0.416 e. The summed E-state index contributed by atoms with van der Waals surface area (Å²) in [5, 5.41) is 8.48. The van der Waals surface area contributed by atoms with Crippen molar-refractivity contribution in [2.24, 2.45) is 0 Å². The van der Waals surface area contributed by atoms with E-state index in [2.05, 4.69) is 0 Å². The Morgan fingerprint density at radius 3 is 2.41 bits per heavy atom. The van der Waals surface area contributed by atoms with Crippen LogP contribution in [0, 0.1) is 0 Å². The summed E-state index contributed by atoms with van der Waals surface area (Å²) in [5.41, 5.74) is 1.57. The van der Waals surface area contributed by atoms with Crippen LogP contribution in [0.4, 0.5) is 13.2 Å². The largest absolute Gasteiger partial charge is 0.416 e. The van der Waals surface area contributed by atoms with Crippen LogP contribution in [-0.4, -0.2) is 53.6 Å². The highest BCUT2D eigenvalue weighted by atomic mass is 19.4. The lowest BCUT2D eigenvalue weighted by atomic mass is 10.1. The smallest absolute Gasteiger partial charge is 0.297 e. The van der Waals surface area contributed by atoms with Crippen LogP contribution in [0.1, 0.15) is 11.1 Å². The van der Waals surface area contributed by atoms with Gasteiger partial charge in [-0.3, -0.25) is 19.8 Å². The van der Waals surface area contributed by atoms with Gasteiger partial charge in [-0.15, -0.1) is 0 Å². The van der Waals surface area contributed by atoms with Gasteiger partial charge in [-0.2, -0.15) is 13.2 Å². The zero-order valence-electron chi connectivity index (χ0n) is 11.9. The highest BCUT2D eigenvalue weighted by Crippen LogP contribution is 2.29. The fraction of sp³-hybridized carbons (Fsp3) is 0.500. The van der Waals surface area contributed by atoms with Gasteiger partial charge in [0.2, 0.25) is 0 Å². The first kappa shape index (κ1) is 16.7. The number of carbonyl (C=O) groups is 1. The van der Waals surface area contributed by atoms with E-state index in [1.807, 2.05) is 9.80 Å². The molecule has 1 aromatic carbocycles. The van der Waals surface area contributed by atoms with Crippen molar-refractivity contribution in [3.8, 4) is 0 Å². The molecule has 1 amide bonds. The third kappa shape index (κ3) is 4.69. The molecule has 1 aliphatic rings. The van der Waals surface area contributed by atoms with Crippen LogP contribution in [0.25, 0.3) is 0 Å². The van der Waals surface area contributed by atoms with Crippen molar-refractivity contribution >= 4 is 5.91 Å². The fourth-order valence-corrected chi connectivity index (χ4v) is 2.45. The van der Waals surface area contributed by atoms with E-state index >= 15 is 0 Å². The van der Waals surface area contributed by atoms with E-state index < -0.39 is 17.6 Å². The summed E-state index contributed by atoms with van der Waals surface area (Å²) >= 11 is 0. The molecule has 8 heteroatoms. The molecule has 2 N–H and O–H groups in total.